The SMILES string of the molecule is CCCOCCn1c(=O)c2c(nc(Oc3ccc(Cl)c(C)c3)n2Cc2ccc(Cl)cc2)n(C)c1=O. The first-order valence-electron chi connectivity index (χ1n) is 11.3. The molecule has 0 fully saturated rings. The van der Waals surface area contributed by atoms with Gasteiger partial charge in [0.2, 0.25) is 0 Å². The number of hydrogen-bond donors (Lipinski definition) is 0. The fourth-order valence-electron chi connectivity index (χ4n) is 3.73. The van der Waals surface area contributed by atoms with Crippen molar-refractivity contribution in [3.63, 3.8) is 0 Å². The second-order valence-electron chi connectivity index (χ2n) is 8.20. The van der Waals surface area contributed by atoms with Crippen LogP contribution in [0, 0.1) is 6.92 Å². The van der Waals surface area contributed by atoms with Crippen molar-refractivity contribution in [2.75, 3.05) is 13.2 Å². The van der Waals surface area contributed by atoms with Crippen molar-refractivity contribution in [1.82, 2.24) is 18.7 Å². The number of halogens is 2. The molecule has 2 heterocycles. The van der Waals surface area contributed by atoms with Gasteiger partial charge in [0.05, 0.1) is 19.7 Å². The Balaban J connectivity index is 1.86. The predicted octanol–water partition coefficient (Wildman–Crippen LogP) is 4.78. The van der Waals surface area contributed by atoms with Crippen LogP contribution in [-0.4, -0.2) is 31.9 Å². The molecule has 4 aromatic rings. The lowest BCUT2D eigenvalue weighted by atomic mass is 10.2. The highest BCUT2D eigenvalue weighted by Gasteiger charge is 2.22. The Labute approximate surface area is 212 Å². The number of imidazole rings is 1. The van der Waals surface area contributed by atoms with E-state index in [-0.39, 0.29) is 36.9 Å². The molecule has 0 aliphatic rings. The van der Waals surface area contributed by atoms with Crippen LogP contribution in [0.5, 0.6) is 11.8 Å². The number of rotatable bonds is 9. The summed E-state index contributed by atoms with van der Waals surface area (Å²) in [5.74, 6) is 0.512. The van der Waals surface area contributed by atoms with Crippen molar-refractivity contribution in [1.29, 1.82) is 0 Å². The van der Waals surface area contributed by atoms with Crippen LogP contribution in [0.25, 0.3) is 11.2 Å². The molecule has 0 saturated heterocycles. The molecule has 0 aliphatic heterocycles. The molecule has 0 spiro atoms. The van der Waals surface area contributed by atoms with E-state index in [0.29, 0.717) is 22.4 Å². The van der Waals surface area contributed by atoms with Crippen LogP contribution in [0.3, 0.4) is 0 Å². The van der Waals surface area contributed by atoms with Crippen molar-refractivity contribution in [3.8, 4) is 11.8 Å². The number of hydrogen-bond acceptors (Lipinski definition) is 5. The number of aryl methyl sites for hydroxylation is 2. The van der Waals surface area contributed by atoms with E-state index in [9.17, 15) is 9.59 Å². The number of nitrogens with zero attached hydrogens (tertiary/aromatic N) is 4. The average molecular weight is 517 g/mol. The van der Waals surface area contributed by atoms with Crippen LogP contribution in [0.15, 0.2) is 52.1 Å². The summed E-state index contributed by atoms with van der Waals surface area (Å²) in [5.41, 5.74) is 1.31. The molecule has 0 bridgehead atoms. The summed E-state index contributed by atoms with van der Waals surface area (Å²) < 4.78 is 15.8. The molecule has 0 N–H and O–H groups in total. The molecule has 10 heteroatoms. The van der Waals surface area contributed by atoms with Gasteiger partial charge in [0, 0.05) is 23.7 Å². The zero-order valence-corrected chi connectivity index (χ0v) is 21.3. The lowest BCUT2D eigenvalue weighted by molar-refractivity contribution is 0.125. The van der Waals surface area contributed by atoms with Gasteiger partial charge in [0.1, 0.15) is 5.75 Å². The number of benzene rings is 2. The Morgan fingerprint density at radius 3 is 2.43 bits per heavy atom. The molecule has 4 rings (SSSR count). The van der Waals surface area contributed by atoms with Gasteiger partial charge in [0.15, 0.2) is 11.2 Å². The second-order valence-corrected chi connectivity index (χ2v) is 9.05. The maximum absolute atomic E-state index is 13.5. The third kappa shape index (κ3) is 5.29. The van der Waals surface area contributed by atoms with E-state index in [1.54, 1.807) is 41.9 Å². The standard InChI is InChI=1S/C25H26Cl2N4O4/c1-4-12-34-13-11-30-23(32)21-22(29(3)25(30)33)28-24(35-19-9-10-20(27)16(2)14-19)31(21)15-17-5-7-18(26)8-6-17/h5-10,14H,4,11-13,15H2,1-3H3. The Hall–Kier alpha value is -3.07. The Morgan fingerprint density at radius 1 is 1.00 bits per heavy atom. The molecule has 8 nitrogen and oxygen atoms in total. The molecular formula is C25H26Cl2N4O4. The number of aromatic nitrogens is 4. The zero-order chi connectivity index (χ0) is 25.1. The Bertz CT molecular complexity index is 1470. The molecule has 0 aliphatic carbocycles. The van der Waals surface area contributed by atoms with Crippen molar-refractivity contribution in [2.24, 2.45) is 7.05 Å². The van der Waals surface area contributed by atoms with Gasteiger partial charge in [-0.2, -0.15) is 4.98 Å². The summed E-state index contributed by atoms with van der Waals surface area (Å²) in [7, 11) is 1.59. The molecule has 0 saturated carbocycles. The molecular weight excluding hydrogens is 491 g/mol. The third-order valence-corrected chi connectivity index (χ3v) is 6.27. The number of fused-ring (bicyclic) bond motifs is 1. The quantitative estimate of drug-likeness (QED) is 0.299. The summed E-state index contributed by atoms with van der Waals surface area (Å²) in [6, 6.07) is 12.7. The third-order valence-electron chi connectivity index (χ3n) is 5.60. The van der Waals surface area contributed by atoms with Crippen molar-refractivity contribution in [3.05, 3.63) is 84.5 Å². The van der Waals surface area contributed by atoms with Crippen LogP contribution in [-0.2, 0) is 24.9 Å². The average Bonchev–Trinajstić information content (AvgIpc) is 3.19. The van der Waals surface area contributed by atoms with Gasteiger partial charge < -0.3 is 9.47 Å². The largest absolute Gasteiger partial charge is 0.425 e. The first-order chi connectivity index (χ1) is 16.8. The summed E-state index contributed by atoms with van der Waals surface area (Å²) in [6.07, 6.45) is 0.852. The topological polar surface area (TPSA) is 80.3 Å². The van der Waals surface area contributed by atoms with Crippen LogP contribution in [0.4, 0.5) is 0 Å². The van der Waals surface area contributed by atoms with Crippen LogP contribution in [0.2, 0.25) is 10.0 Å². The summed E-state index contributed by atoms with van der Waals surface area (Å²) >= 11 is 12.2. The minimum atomic E-state index is -0.465. The van der Waals surface area contributed by atoms with Gasteiger partial charge in [-0.1, -0.05) is 42.3 Å². The van der Waals surface area contributed by atoms with E-state index in [1.165, 1.54) is 9.13 Å². The minimum absolute atomic E-state index is 0.139. The van der Waals surface area contributed by atoms with Gasteiger partial charge in [-0.15, -0.1) is 0 Å². The normalized spacial score (nSPS) is 11.3. The van der Waals surface area contributed by atoms with Gasteiger partial charge in [-0.25, -0.2) is 4.79 Å². The first kappa shape index (κ1) is 25.0. The van der Waals surface area contributed by atoms with Gasteiger partial charge in [-0.3, -0.25) is 18.5 Å². The van der Waals surface area contributed by atoms with E-state index in [2.05, 4.69) is 4.98 Å². The summed E-state index contributed by atoms with van der Waals surface area (Å²) in [6.45, 7) is 5.11. The number of ether oxygens (including phenoxy) is 2. The Morgan fingerprint density at radius 2 is 1.74 bits per heavy atom. The molecule has 0 atom stereocenters. The van der Waals surface area contributed by atoms with Crippen LogP contribution in [0.1, 0.15) is 24.5 Å². The summed E-state index contributed by atoms with van der Waals surface area (Å²) in [5, 5.41) is 1.22. The van der Waals surface area contributed by atoms with E-state index < -0.39 is 11.2 Å². The molecule has 35 heavy (non-hydrogen) atoms. The van der Waals surface area contributed by atoms with E-state index in [1.807, 2.05) is 26.0 Å². The monoisotopic (exact) mass is 516 g/mol. The molecule has 184 valence electrons. The van der Waals surface area contributed by atoms with Crippen molar-refractivity contribution >= 4 is 34.4 Å². The highest BCUT2D eigenvalue weighted by atomic mass is 35.5. The maximum Gasteiger partial charge on any atom is 0.332 e. The molecule has 0 radical (unpaired) electrons. The smallest absolute Gasteiger partial charge is 0.332 e. The predicted molar refractivity (Wildman–Crippen MR) is 137 cm³/mol. The zero-order valence-electron chi connectivity index (χ0n) is 19.8. The lowest BCUT2D eigenvalue weighted by Gasteiger charge is -2.12. The summed E-state index contributed by atoms with van der Waals surface area (Å²) in [4.78, 5) is 31.1. The van der Waals surface area contributed by atoms with Crippen LogP contribution >= 0.6 is 23.2 Å². The first-order valence-corrected chi connectivity index (χ1v) is 12.0. The fourth-order valence-corrected chi connectivity index (χ4v) is 3.98. The van der Waals surface area contributed by atoms with Crippen LogP contribution < -0.4 is 16.0 Å². The maximum atomic E-state index is 13.5. The van der Waals surface area contributed by atoms with Gasteiger partial charge >= 0.3 is 11.7 Å². The molecule has 0 unspecified atom stereocenters. The molecule has 0 amide bonds. The van der Waals surface area contributed by atoms with Crippen molar-refractivity contribution in [2.45, 2.75) is 33.4 Å². The minimum Gasteiger partial charge on any atom is -0.425 e. The van der Waals surface area contributed by atoms with E-state index in [0.717, 1.165) is 17.5 Å². The van der Waals surface area contributed by atoms with E-state index >= 15 is 0 Å². The van der Waals surface area contributed by atoms with E-state index in [4.69, 9.17) is 32.7 Å². The highest BCUT2D eigenvalue weighted by molar-refractivity contribution is 6.31. The highest BCUT2D eigenvalue weighted by Crippen LogP contribution is 2.28. The fraction of sp³-hybridized carbons (Fsp3) is 0.320. The second kappa shape index (κ2) is 10.7. The van der Waals surface area contributed by atoms with Gasteiger partial charge in [0.25, 0.3) is 5.56 Å². The molecule has 2 aromatic heterocycles. The lowest BCUT2D eigenvalue weighted by Crippen LogP contribution is -2.40. The van der Waals surface area contributed by atoms with Crippen molar-refractivity contribution < 1.29 is 9.47 Å². The van der Waals surface area contributed by atoms with Gasteiger partial charge in [-0.05, 0) is 54.8 Å². The molecule has 2 aromatic carbocycles. The Kier molecular flexibility index (Phi) is 7.64.